The molecule has 12 heavy (non-hydrogen) atoms. The monoisotopic (exact) mass is 171 g/mol. The van der Waals surface area contributed by atoms with E-state index in [1.165, 1.54) is 32.4 Å². The Bertz CT molecular complexity index is 138. The van der Waals surface area contributed by atoms with Gasteiger partial charge in [0.1, 0.15) is 0 Å². The van der Waals surface area contributed by atoms with Crippen molar-refractivity contribution < 1.29 is 4.74 Å². The van der Waals surface area contributed by atoms with E-state index in [1.54, 1.807) is 7.11 Å². The van der Waals surface area contributed by atoms with Crippen molar-refractivity contribution in [3.8, 4) is 0 Å². The lowest BCUT2D eigenvalue weighted by molar-refractivity contribution is 0.135. The first-order valence-electron chi connectivity index (χ1n) is 4.90. The van der Waals surface area contributed by atoms with Gasteiger partial charge < -0.3 is 9.64 Å². The normalized spacial score (nSPS) is 31.2. The average Bonchev–Trinajstić information content (AvgIpc) is 2.45. The maximum Gasteiger partial charge on any atom is 0.0468 e. The van der Waals surface area contributed by atoms with Gasteiger partial charge in [0.25, 0.3) is 0 Å². The van der Waals surface area contributed by atoms with Crippen molar-refractivity contribution in [1.29, 1.82) is 0 Å². The highest BCUT2D eigenvalue weighted by molar-refractivity contribution is 4.87. The second kappa shape index (κ2) is 4.24. The number of hydrogen-bond donors (Lipinski definition) is 0. The SMILES string of the molecule is CCC1(CCOC)CCN(C)C1. The summed E-state index contributed by atoms with van der Waals surface area (Å²) in [4.78, 5) is 2.43. The van der Waals surface area contributed by atoms with E-state index in [9.17, 15) is 0 Å². The standard InChI is InChI=1S/C10H21NO/c1-4-10(6-8-12-3)5-7-11(2)9-10/h4-9H2,1-3H3. The molecule has 0 radical (unpaired) electrons. The van der Waals surface area contributed by atoms with Crippen molar-refractivity contribution in [3.63, 3.8) is 0 Å². The minimum atomic E-state index is 0.560. The zero-order valence-electron chi connectivity index (χ0n) is 8.60. The number of ether oxygens (including phenoxy) is 1. The van der Waals surface area contributed by atoms with Crippen LogP contribution in [0, 0.1) is 5.41 Å². The van der Waals surface area contributed by atoms with Crippen LogP contribution in [-0.4, -0.2) is 38.8 Å². The summed E-state index contributed by atoms with van der Waals surface area (Å²) in [7, 11) is 4.01. The topological polar surface area (TPSA) is 12.5 Å². The third-order valence-corrected chi connectivity index (χ3v) is 3.22. The second-order valence-electron chi connectivity index (χ2n) is 4.08. The van der Waals surface area contributed by atoms with E-state index in [0.29, 0.717) is 5.41 Å². The summed E-state index contributed by atoms with van der Waals surface area (Å²) in [6, 6.07) is 0. The van der Waals surface area contributed by atoms with Crippen LogP contribution in [0.15, 0.2) is 0 Å². The summed E-state index contributed by atoms with van der Waals surface area (Å²) in [5.41, 5.74) is 0.560. The van der Waals surface area contributed by atoms with Crippen molar-refractivity contribution in [2.45, 2.75) is 26.2 Å². The molecule has 2 nitrogen and oxygen atoms in total. The van der Waals surface area contributed by atoms with Gasteiger partial charge in [0.2, 0.25) is 0 Å². The van der Waals surface area contributed by atoms with Crippen LogP contribution in [0.3, 0.4) is 0 Å². The highest BCUT2D eigenvalue weighted by Gasteiger charge is 2.34. The lowest BCUT2D eigenvalue weighted by atomic mass is 9.81. The molecule has 0 aliphatic carbocycles. The molecule has 0 aromatic rings. The quantitative estimate of drug-likeness (QED) is 0.639. The lowest BCUT2D eigenvalue weighted by Gasteiger charge is -2.26. The largest absolute Gasteiger partial charge is 0.385 e. The smallest absolute Gasteiger partial charge is 0.0468 e. The molecule has 1 unspecified atom stereocenters. The van der Waals surface area contributed by atoms with Crippen LogP contribution in [0.25, 0.3) is 0 Å². The Labute approximate surface area is 75.9 Å². The molecule has 0 N–H and O–H groups in total. The third-order valence-electron chi connectivity index (χ3n) is 3.22. The highest BCUT2D eigenvalue weighted by atomic mass is 16.5. The average molecular weight is 171 g/mol. The summed E-state index contributed by atoms with van der Waals surface area (Å²) in [6.07, 6.45) is 3.87. The van der Waals surface area contributed by atoms with Crippen molar-refractivity contribution >= 4 is 0 Å². The first-order valence-corrected chi connectivity index (χ1v) is 4.90. The van der Waals surface area contributed by atoms with E-state index in [1.807, 2.05) is 0 Å². The molecule has 1 rings (SSSR count). The zero-order chi connectivity index (χ0) is 9.03. The lowest BCUT2D eigenvalue weighted by Crippen LogP contribution is -2.25. The van der Waals surface area contributed by atoms with Gasteiger partial charge in [-0.15, -0.1) is 0 Å². The van der Waals surface area contributed by atoms with Gasteiger partial charge in [-0.25, -0.2) is 0 Å². The first kappa shape index (κ1) is 10.0. The summed E-state index contributed by atoms with van der Waals surface area (Å²) in [6.45, 7) is 5.74. The van der Waals surface area contributed by atoms with Crippen LogP contribution >= 0.6 is 0 Å². The number of methoxy groups -OCH3 is 1. The van der Waals surface area contributed by atoms with Gasteiger partial charge in [0.15, 0.2) is 0 Å². The molecule has 1 saturated heterocycles. The van der Waals surface area contributed by atoms with Crippen LogP contribution in [0.1, 0.15) is 26.2 Å². The van der Waals surface area contributed by atoms with Crippen molar-refractivity contribution in [1.82, 2.24) is 4.90 Å². The second-order valence-corrected chi connectivity index (χ2v) is 4.08. The van der Waals surface area contributed by atoms with Gasteiger partial charge in [-0.2, -0.15) is 0 Å². The summed E-state index contributed by atoms with van der Waals surface area (Å²) in [5.74, 6) is 0. The van der Waals surface area contributed by atoms with Crippen LogP contribution in [0.5, 0.6) is 0 Å². The van der Waals surface area contributed by atoms with Gasteiger partial charge in [-0.3, -0.25) is 0 Å². The van der Waals surface area contributed by atoms with Crippen LogP contribution in [0.2, 0.25) is 0 Å². The molecule has 1 atom stereocenters. The van der Waals surface area contributed by atoms with Gasteiger partial charge in [-0.1, -0.05) is 6.92 Å². The fourth-order valence-corrected chi connectivity index (χ4v) is 2.15. The zero-order valence-corrected chi connectivity index (χ0v) is 8.60. The van der Waals surface area contributed by atoms with Gasteiger partial charge in [0.05, 0.1) is 0 Å². The number of nitrogens with zero attached hydrogens (tertiary/aromatic N) is 1. The minimum Gasteiger partial charge on any atom is -0.385 e. The molecule has 2 heteroatoms. The Balaban J connectivity index is 2.41. The molecule has 1 fully saturated rings. The molecule has 0 amide bonds. The van der Waals surface area contributed by atoms with Crippen molar-refractivity contribution in [3.05, 3.63) is 0 Å². The maximum absolute atomic E-state index is 5.15. The minimum absolute atomic E-state index is 0.560. The predicted octanol–water partition coefficient (Wildman–Crippen LogP) is 1.75. The van der Waals surface area contributed by atoms with E-state index in [0.717, 1.165) is 6.61 Å². The predicted molar refractivity (Wildman–Crippen MR) is 51.3 cm³/mol. The molecule has 0 saturated carbocycles. The fourth-order valence-electron chi connectivity index (χ4n) is 2.15. The third kappa shape index (κ3) is 2.20. The van der Waals surface area contributed by atoms with Crippen LogP contribution in [-0.2, 0) is 4.74 Å². The fraction of sp³-hybridized carbons (Fsp3) is 1.00. The van der Waals surface area contributed by atoms with E-state index >= 15 is 0 Å². The van der Waals surface area contributed by atoms with Crippen molar-refractivity contribution in [2.24, 2.45) is 5.41 Å². The molecule has 0 spiro atoms. The van der Waals surface area contributed by atoms with E-state index in [2.05, 4.69) is 18.9 Å². The Kier molecular flexibility index (Phi) is 3.53. The molecule has 0 bridgehead atoms. The molecule has 72 valence electrons. The molecule has 0 aromatic heterocycles. The van der Waals surface area contributed by atoms with Gasteiger partial charge in [-0.05, 0) is 38.3 Å². The van der Waals surface area contributed by atoms with Crippen molar-refractivity contribution in [2.75, 3.05) is 33.9 Å². The molecule has 1 aliphatic rings. The van der Waals surface area contributed by atoms with Gasteiger partial charge in [0, 0.05) is 20.3 Å². The van der Waals surface area contributed by atoms with Crippen LogP contribution < -0.4 is 0 Å². The Hall–Kier alpha value is -0.0800. The summed E-state index contributed by atoms with van der Waals surface area (Å²) < 4.78 is 5.15. The Morgan fingerprint density at radius 1 is 1.50 bits per heavy atom. The number of rotatable bonds is 4. The Morgan fingerprint density at radius 2 is 2.25 bits per heavy atom. The molecular formula is C10H21NO. The van der Waals surface area contributed by atoms with Gasteiger partial charge >= 0.3 is 0 Å². The number of hydrogen-bond acceptors (Lipinski definition) is 2. The summed E-state index contributed by atoms with van der Waals surface area (Å²) >= 11 is 0. The maximum atomic E-state index is 5.15. The molecule has 0 aromatic carbocycles. The van der Waals surface area contributed by atoms with Crippen LogP contribution in [0.4, 0.5) is 0 Å². The highest BCUT2D eigenvalue weighted by Crippen LogP contribution is 2.36. The summed E-state index contributed by atoms with van der Waals surface area (Å²) in [5, 5.41) is 0. The van der Waals surface area contributed by atoms with E-state index < -0.39 is 0 Å². The molecular weight excluding hydrogens is 150 g/mol. The molecule has 1 aliphatic heterocycles. The first-order chi connectivity index (χ1) is 5.72. The molecule has 1 heterocycles. The Morgan fingerprint density at radius 3 is 2.67 bits per heavy atom. The van der Waals surface area contributed by atoms with E-state index in [4.69, 9.17) is 4.74 Å². The van der Waals surface area contributed by atoms with E-state index in [-0.39, 0.29) is 0 Å². The number of likely N-dealkylation sites (tertiary alicyclic amines) is 1.